The molecule has 7 heteroatoms. The Labute approximate surface area is 157 Å². The molecule has 3 rings (SSSR count). The smallest absolute Gasteiger partial charge is 0.239 e. The Morgan fingerprint density at radius 1 is 1.15 bits per heavy atom. The molecule has 1 heterocycles. The zero-order valence-electron chi connectivity index (χ0n) is 14.5. The molecule has 2 aromatic carbocycles. The van der Waals surface area contributed by atoms with Crippen LogP contribution in [0.25, 0.3) is 10.9 Å². The number of ketones is 1. The highest BCUT2D eigenvalue weighted by molar-refractivity contribution is 7.89. The molecular weight excluding hydrogens is 372 g/mol. The van der Waals surface area contributed by atoms with E-state index < -0.39 is 10.0 Å². The summed E-state index contributed by atoms with van der Waals surface area (Å²) in [6.07, 6.45) is 0.925. The molecule has 0 fully saturated rings. The van der Waals surface area contributed by atoms with E-state index in [1.165, 1.54) is 18.2 Å². The van der Waals surface area contributed by atoms with Gasteiger partial charge in [-0.25, -0.2) is 13.6 Å². The Kier molecular flexibility index (Phi) is 4.92. The van der Waals surface area contributed by atoms with Crippen LogP contribution in [0.15, 0.2) is 47.4 Å². The van der Waals surface area contributed by atoms with E-state index in [2.05, 4.69) is 11.5 Å². The van der Waals surface area contributed by atoms with E-state index in [9.17, 15) is 13.2 Å². The fourth-order valence-electron chi connectivity index (χ4n) is 3.27. The second-order valence-electron chi connectivity index (χ2n) is 6.12. The van der Waals surface area contributed by atoms with Gasteiger partial charge in [-0.05, 0) is 31.5 Å². The predicted octanol–water partition coefficient (Wildman–Crippen LogP) is 3.89. The maximum Gasteiger partial charge on any atom is 0.239 e. The number of carbonyl (C=O) groups is 1. The van der Waals surface area contributed by atoms with Crippen molar-refractivity contribution in [3.05, 3.63) is 64.3 Å². The first-order valence-electron chi connectivity index (χ1n) is 8.21. The molecular formula is C19H19ClN2O3S. The van der Waals surface area contributed by atoms with Crippen LogP contribution in [0.1, 0.15) is 35.0 Å². The molecule has 0 aliphatic rings. The molecule has 0 saturated heterocycles. The number of para-hydroxylation sites is 1. The lowest BCUT2D eigenvalue weighted by molar-refractivity contribution is 0.103. The summed E-state index contributed by atoms with van der Waals surface area (Å²) in [5, 5.41) is 5.88. The number of rotatable bonds is 5. The summed E-state index contributed by atoms with van der Waals surface area (Å²) in [4.78, 5) is 13.0. The van der Waals surface area contributed by atoms with Crippen LogP contribution in [-0.4, -0.2) is 18.8 Å². The summed E-state index contributed by atoms with van der Waals surface area (Å²) in [5.74, 6) is -0.316. The van der Waals surface area contributed by atoms with Crippen LogP contribution < -0.4 is 5.14 Å². The van der Waals surface area contributed by atoms with Gasteiger partial charge in [0.25, 0.3) is 0 Å². The largest absolute Gasteiger partial charge is 0.344 e. The van der Waals surface area contributed by atoms with Gasteiger partial charge < -0.3 is 4.57 Å². The third kappa shape index (κ3) is 3.05. The number of primary sulfonamides is 1. The molecule has 5 nitrogen and oxygen atoms in total. The Morgan fingerprint density at radius 3 is 2.50 bits per heavy atom. The van der Waals surface area contributed by atoms with Crippen LogP contribution >= 0.6 is 11.6 Å². The van der Waals surface area contributed by atoms with E-state index in [-0.39, 0.29) is 21.3 Å². The molecule has 136 valence electrons. The zero-order valence-corrected chi connectivity index (χ0v) is 16.1. The lowest BCUT2D eigenvalue weighted by atomic mass is 10.0. The Morgan fingerprint density at radius 2 is 1.85 bits per heavy atom. The van der Waals surface area contributed by atoms with Gasteiger partial charge in [-0.15, -0.1) is 0 Å². The lowest BCUT2D eigenvalue weighted by Gasteiger charge is -2.09. The van der Waals surface area contributed by atoms with E-state index in [4.69, 9.17) is 16.7 Å². The number of aromatic nitrogens is 1. The molecule has 26 heavy (non-hydrogen) atoms. The molecule has 0 unspecified atom stereocenters. The molecule has 0 bridgehead atoms. The van der Waals surface area contributed by atoms with Gasteiger partial charge in [0.1, 0.15) is 4.90 Å². The van der Waals surface area contributed by atoms with Gasteiger partial charge in [0, 0.05) is 28.7 Å². The van der Waals surface area contributed by atoms with Crippen LogP contribution in [0.3, 0.4) is 0 Å². The van der Waals surface area contributed by atoms with Gasteiger partial charge in [-0.1, -0.05) is 42.8 Å². The average molecular weight is 391 g/mol. The Bertz CT molecular complexity index is 1120. The molecule has 0 aliphatic carbocycles. The van der Waals surface area contributed by atoms with E-state index in [1.807, 2.05) is 31.2 Å². The minimum absolute atomic E-state index is 0.126. The van der Waals surface area contributed by atoms with Crippen LogP contribution in [0.2, 0.25) is 5.02 Å². The highest BCUT2D eigenvalue weighted by Crippen LogP contribution is 2.32. The first-order chi connectivity index (χ1) is 12.3. The summed E-state index contributed by atoms with van der Waals surface area (Å²) in [7, 11) is -4.02. The predicted molar refractivity (Wildman–Crippen MR) is 103 cm³/mol. The number of sulfonamides is 1. The third-order valence-electron chi connectivity index (χ3n) is 4.42. The highest BCUT2D eigenvalue weighted by atomic mass is 35.5. The Balaban J connectivity index is 2.26. The van der Waals surface area contributed by atoms with Gasteiger partial charge in [0.05, 0.1) is 10.6 Å². The van der Waals surface area contributed by atoms with Crippen molar-refractivity contribution in [2.75, 3.05) is 0 Å². The molecule has 2 N–H and O–H groups in total. The summed E-state index contributed by atoms with van der Waals surface area (Å²) >= 11 is 6.22. The van der Waals surface area contributed by atoms with Crippen molar-refractivity contribution in [2.45, 2.75) is 31.7 Å². The monoisotopic (exact) mass is 390 g/mol. The summed E-state index contributed by atoms with van der Waals surface area (Å²) < 4.78 is 25.5. The third-order valence-corrected chi connectivity index (χ3v) is 5.89. The minimum atomic E-state index is -4.02. The average Bonchev–Trinajstić information content (AvgIpc) is 2.86. The van der Waals surface area contributed by atoms with Crippen molar-refractivity contribution in [3.63, 3.8) is 0 Å². The SMILES string of the molecule is CCCn1c(C)c(C(=O)c2cccc(S(N)(=O)=O)c2Cl)c2ccccc21. The maximum atomic E-state index is 13.3. The normalized spacial score (nSPS) is 11.8. The second kappa shape index (κ2) is 6.87. The van der Waals surface area contributed by atoms with Gasteiger partial charge in [0.2, 0.25) is 10.0 Å². The van der Waals surface area contributed by atoms with E-state index in [0.717, 1.165) is 29.6 Å². The van der Waals surface area contributed by atoms with Crippen molar-refractivity contribution in [2.24, 2.45) is 5.14 Å². The van der Waals surface area contributed by atoms with Gasteiger partial charge in [-0.2, -0.15) is 0 Å². The second-order valence-corrected chi connectivity index (χ2v) is 8.03. The fraction of sp³-hybridized carbons (Fsp3) is 0.211. The van der Waals surface area contributed by atoms with Crippen LogP contribution in [0.4, 0.5) is 0 Å². The van der Waals surface area contributed by atoms with E-state index >= 15 is 0 Å². The minimum Gasteiger partial charge on any atom is -0.344 e. The maximum absolute atomic E-state index is 13.3. The number of nitrogens with two attached hydrogens (primary N) is 1. The van der Waals surface area contributed by atoms with E-state index in [1.54, 1.807) is 0 Å². The number of hydrogen-bond acceptors (Lipinski definition) is 3. The fourth-order valence-corrected chi connectivity index (χ4v) is 4.43. The van der Waals surface area contributed by atoms with Crippen molar-refractivity contribution in [1.82, 2.24) is 4.57 Å². The number of hydrogen-bond donors (Lipinski definition) is 1. The molecule has 0 radical (unpaired) electrons. The van der Waals surface area contributed by atoms with Crippen molar-refractivity contribution in [1.29, 1.82) is 0 Å². The molecule has 3 aromatic rings. The molecule has 0 atom stereocenters. The lowest BCUT2D eigenvalue weighted by Crippen LogP contribution is -2.14. The number of halogens is 1. The molecule has 0 saturated carbocycles. The highest BCUT2D eigenvalue weighted by Gasteiger charge is 2.25. The topological polar surface area (TPSA) is 82.2 Å². The number of nitrogens with zero attached hydrogens (tertiary/aromatic N) is 1. The summed E-state index contributed by atoms with van der Waals surface area (Å²) in [6.45, 7) is 4.74. The number of fused-ring (bicyclic) bond motifs is 1. The molecule has 1 aromatic heterocycles. The molecule has 0 amide bonds. The summed E-state index contributed by atoms with van der Waals surface area (Å²) in [5.41, 5.74) is 2.45. The van der Waals surface area contributed by atoms with Gasteiger partial charge >= 0.3 is 0 Å². The quantitative estimate of drug-likeness (QED) is 0.671. The van der Waals surface area contributed by atoms with Gasteiger partial charge in [0.15, 0.2) is 5.78 Å². The summed E-state index contributed by atoms with van der Waals surface area (Å²) in [6, 6.07) is 11.9. The Hall–Kier alpha value is -2.15. The standard InChI is InChI=1S/C19H19ClN2O3S/c1-3-11-22-12(2)17(13-7-4-5-9-15(13)22)19(23)14-8-6-10-16(18(14)20)26(21,24)25/h4-10H,3,11H2,1-2H3,(H2,21,24,25). The first kappa shape index (κ1) is 18.6. The number of benzene rings is 2. The van der Waals surface area contributed by atoms with Crippen molar-refractivity contribution >= 4 is 38.3 Å². The van der Waals surface area contributed by atoms with Crippen molar-refractivity contribution < 1.29 is 13.2 Å². The van der Waals surface area contributed by atoms with Crippen LogP contribution in [-0.2, 0) is 16.6 Å². The molecule has 0 spiro atoms. The molecule has 0 aliphatic heterocycles. The number of aryl methyl sites for hydroxylation is 1. The number of carbonyl (C=O) groups excluding carboxylic acids is 1. The first-order valence-corrected chi connectivity index (χ1v) is 10.1. The van der Waals surface area contributed by atoms with Crippen molar-refractivity contribution in [3.8, 4) is 0 Å². The van der Waals surface area contributed by atoms with Gasteiger partial charge in [-0.3, -0.25) is 4.79 Å². The van der Waals surface area contributed by atoms with Crippen LogP contribution in [0, 0.1) is 6.92 Å². The zero-order chi connectivity index (χ0) is 19.1. The van der Waals surface area contributed by atoms with Crippen LogP contribution in [0.5, 0.6) is 0 Å². The van der Waals surface area contributed by atoms with E-state index in [0.29, 0.717) is 5.56 Å².